The molecule has 5 nitrogen and oxygen atoms in total. The van der Waals surface area contributed by atoms with Crippen LogP contribution in [0.1, 0.15) is 27.6 Å². The van der Waals surface area contributed by atoms with Crippen molar-refractivity contribution in [3.63, 3.8) is 0 Å². The number of hydrogen-bond donors (Lipinski definition) is 1. The first-order valence-electron chi connectivity index (χ1n) is 9.54. The molecule has 2 aromatic carbocycles. The molecule has 1 fully saturated rings. The van der Waals surface area contributed by atoms with Crippen LogP contribution in [0.2, 0.25) is 10.0 Å². The Kier molecular flexibility index (Phi) is 5.63. The van der Waals surface area contributed by atoms with E-state index in [0.717, 1.165) is 10.9 Å². The van der Waals surface area contributed by atoms with Crippen molar-refractivity contribution in [2.24, 2.45) is 0 Å². The van der Waals surface area contributed by atoms with Crippen LogP contribution in [-0.4, -0.2) is 58.7 Å². The van der Waals surface area contributed by atoms with E-state index in [1.165, 1.54) is 0 Å². The molecule has 1 aliphatic rings. The van der Waals surface area contributed by atoms with Gasteiger partial charge in [0.2, 0.25) is 0 Å². The second-order valence-corrected chi connectivity index (χ2v) is 8.08. The summed E-state index contributed by atoms with van der Waals surface area (Å²) in [6, 6.07) is 12.4. The first-order chi connectivity index (χ1) is 14.0. The molecule has 0 saturated carbocycles. The summed E-state index contributed by atoms with van der Waals surface area (Å²) in [6.07, 6.45) is 1.78. The van der Waals surface area contributed by atoms with E-state index in [2.05, 4.69) is 9.88 Å². The molecule has 7 heteroatoms. The van der Waals surface area contributed by atoms with E-state index < -0.39 is 0 Å². The first-order valence-corrected chi connectivity index (χ1v) is 10.3. The lowest BCUT2D eigenvalue weighted by Gasteiger charge is -2.37. The van der Waals surface area contributed by atoms with Crippen molar-refractivity contribution < 1.29 is 9.59 Å². The van der Waals surface area contributed by atoms with Crippen molar-refractivity contribution in [3.8, 4) is 0 Å². The number of rotatable bonds is 4. The van der Waals surface area contributed by atoms with Crippen LogP contribution in [0.5, 0.6) is 0 Å². The van der Waals surface area contributed by atoms with E-state index in [-0.39, 0.29) is 17.7 Å². The molecule has 0 aliphatic carbocycles. The summed E-state index contributed by atoms with van der Waals surface area (Å²) in [5.74, 6) is -0.0232. The number of ketones is 1. The van der Waals surface area contributed by atoms with E-state index in [9.17, 15) is 9.59 Å². The number of aromatic amines is 1. The second kappa shape index (κ2) is 8.19. The van der Waals surface area contributed by atoms with Crippen LogP contribution in [-0.2, 0) is 0 Å². The molecule has 1 aromatic heterocycles. The highest BCUT2D eigenvalue weighted by Gasteiger charge is 2.29. The average molecular weight is 430 g/mol. The Hall–Kier alpha value is -2.34. The molecule has 29 heavy (non-hydrogen) atoms. The fraction of sp³-hybridized carbons (Fsp3) is 0.273. The van der Waals surface area contributed by atoms with Crippen molar-refractivity contribution in [1.82, 2.24) is 14.8 Å². The van der Waals surface area contributed by atoms with Crippen molar-refractivity contribution in [2.75, 3.05) is 26.2 Å². The van der Waals surface area contributed by atoms with E-state index in [4.69, 9.17) is 23.2 Å². The maximum Gasteiger partial charge on any atom is 0.255 e. The Bertz CT molecular complexity index is 1070. The molecule has 1 aliphatic heterocycles. The maximum atomic E-state index is 13.1. The Balaban J connectivity index is 1.42. The monoisotopic (exact) mass is 429 g/mol. The molecule has 0 spiro atoms. The number of amides is 1. The summed E-state index contributed by atoms with van der Waals surface area (Å²) in [7, 11) is 0. The molecule has 1 unspecified atom stereocenters. The van der Waals surface area contributed by atoms with Gasteiger partial charge in [-0.3, -0.25) is 14.5 Å². The molecule has 1 amide bonds. The highest BCUT2D eigenvalue weighted by molar-refractivity contribution is 6.36. The minimum Gasteiger partial charge on any atom is -0.360 e. The average Bonchev–Trinajstić information content (AvgIpc) is 3.16. The zero-order valence-corrected chi connectivity index (χ0v) is 17.5. The number of para-hydroxylation sites is 1. The highest BCUT2D eigenvalue weighted by atomic mass is 35.5. The number of carbonyl (C=O) groups excluding carboxylic acids is 2. The van der Waals surface area contributed by atoms with Crippen LogP contribution in [0, 0.1) is 0 Å². The minimum absolute atomic E-state index is 0.0861. The fourth-order valence-corrected chi connectivity index (χ4v) is 4.30. The summed E-state index contributed by atoms with van der Waals surface area (Å²) >= 11 is 12.1. The molecule has 1 saturated heterocycles. The van der Waals surface area contributed by atoms with Gasteiger partial charge in [0.05, 0.1) is 16.6 Å². The zero-order valence-electron chi connectivity index (χ0n) is 16.0. The van der Waals surface area contributed by atoms with E-state index in [1.54, 1.807) is 29.3 Å². The number of fused-ring (bicyclic) bond motifs is 1. The number of benzene rings is 2. The van der Waals surface area contributed by atoms with Gasteiger partial charge in [0.15, 0.2) is 5.78 Å². The van der Waals surface area contributed by atoms with Crippen LogP contribution in [0.25, 0.3) is 10.9 Å². The number of hydrogen-bond acceptors (Lipinski definition) is 3. The quantitative estimate of drug-likeness (QED) is 0.620. The predicted octanol–water partition coefficient (Wildman–Crippen LogP) is 4.50. The summed E-state index contributed by atoms with van der Waals surface area (Å²) in [5.41, 5.74) is 2.12. The minimum atomic E-state index is -0.259. The Morgan fingerprint density at radius 2 is 1.72 bits per heavy atom. The van der Waals surface area contributed by atoms with Crippen molar-refractivity contribution in [1.29, 1.82) is 0 Å². The fourth-order valence-electron chi connectivity index (χ4n) is 3.81. The van der Waals surface area contributed by atoms with Gasteiger partial charge in [0.1, 0.15) is 0 Å². The summed E-state index contributed by atoms with van der Waals surface area (Å²) < 4.78 is 0. The number of nitrogens with one attached hydrogen (secondary N) is 1. The van der Waals surface area contributed by atoms with Gasteiger partial charge >= 0.3 is 0 Å². The molecular formula is C22H21Cl2N3O2. The standard InChI is InChI=1S/C22H21Cl2N3O2/c1-14(21(28)18-13-25-20-5-3-2-4-16(18)20)26-8-10-27(11-9-26)22(29)17-7-6-15(23)12-19(17)24/h2-7,12-14,25H,8-11H2,1H3. The number of piperazine rings is 1. The third-order valence-corrected chi connectivity index (χ3v) is 6.09. The number of nitrogens with zero attached hydrogens (tertiary/aromatic N) is 2. The first kappa shape index (κ1) is 20.0. The van der Waals surface area contributed by atoms with Gasteiger partial charge < -0.3 is 9.88 Å². The highest BCUT2D eigenvalue weighted by Crippen LogP contribution is 2.24. The molecule has 150 valence electrons. The molecule has 0 bridgehead atoms. The zero-order chi connectivity index (χ0) is 20.5. The summed E-state index contributed by atoms with van der Waals surface area (Å²) in [4.78, 5) is 32.9. The van der Waals surface area contributed by atoms with Gasteiger partial charge in [-0.1, -0.05) is 41.4 Å². The van der Waals surface area contributed by atoms with Crippen molar-refractivity contribution in [2.45, 2.75) is 13.0 Å². The number of H-pyrrole nitrogens is 1. The third kappa shape index (κ3) is 3.90. The number of Topliss-reactive ketones (excluding diaryl/α,β-unsaturated/α-hetero) is 1. The van der Waals surface area contributed by atoms with Crippen LogP contribution in [0.3, 0.4) is 0 Å². The molecule has 4 rings (SSSR count). The summed E-state index contributed by atoms with van der Waals surface area (Å²) in [6.45, 7) is 4.28. The maximum absolute atomic E-state index is 13.1. The van der Waals surface area contributed by atoms with E-state index in [0.29, 0.717) is 47.4 Å². The van der Waals surface area contributed by atoms with Crippen LogP contribution in [0.4, 0.5) is 0 Å². The molecular weight excluding hydrogens is 409 g/mol. The number of aromatic nitrogens is 1. The van der Waals surface area contributed by atoms with Gasteiger partial charge in [-0.05, 0) is 31.2 Å². The van der Waals surface area contributed by atoms with Crippen LogP contribution < -0.4 is 0 Å². The van der Waals surface area contributed by atoms with E-state index in [1.807, 2.05) is 31.2 Å². The Morgan fingerprint density at radius 3 is 2.45 bits per heavy atom. The largest absolute Gasteiger partial charge is 0.360 e. The smallest absolute Gasteiger partial charge is 0.255 e. The molecule has 3 aromatic rings. The molecule has 0 radical (unpaired) electrons. The molecule has 1 atom stereocenters. The lowest BCUT2D eigenvalue weighted by atomic mass is 10.0. The van der Waals surface area contributed by atoms with Gasteiger partial charge in [-0.25, -0.2) is 0 Å². The van der Waals surface area contributed by atoms with E-state index >= 15 is 0 Å². The lowest BCUT2D eigenvalue weighted by molar-refractivity contribution is 0.0552. The second-order valence-electron chi connectivity index (χ2n) is 7.24. The predicted molar refractivity (Wildman–Crippen MR) is 116 cm³/mol. The topological polar surface area (TPSA) is 56.4 Å². The number of carbonyl (C=O) groups is 2. The molecule has 2 heterocycles. The third-order valence-electron chi connectivity index (χ3n) is 5.54. The molecule has 1 N–H and O–H groups in total. The SMILES string of the molecule is CC(C(=O)c1c[nH]c2ccccc12)N1CCN(C(=O)c2ccc(Cl)cc2Cl)CC1. The Labute approximate surface area is 179 Å². The van der Waals surface area contributed by atoms with Crippen molar-refractivity contribution >= 4 is 45.8 Å². The summed E-state index contributed by atoms with van der Waals surface area (Å²) in [5, 5.41) is 1.80. The van der Waals surface area contributed by atoms with Gasteiger partial charge in [0, 0.05) is 53.9 Å². The normalized spacial score (nSPS) is 16.2. The van der Waals surface area contributed by atoms with Gasteiger partial charge in [0.25, 0.3) is 5.91 Å². The van der Waals surface area contributed by atoms with Gasteiger partial charge in [-0.15, -0.1) is 0 Å². The lowest BCUT2D eigenvalue weighted by Crippen LogP contribution is -2.53. The van der Waals surface area contributed by atoms with Crippen molar-refractivity contribution in [3.05, 3.63) is 69.8 Å². The Morgan fingerprint density at radius 1 is 1.00 bits per heavy atom. The number of halogens is 2. The van der Waals surface area contributed by atoms with Crippen LogP contribution in [0.15, 0.2) is 48.7 Å². The van der Waals surface area contributed by atoms with Gasteiger partial charge in [-0.2, -0.15) is 0 Å². The van der Waals surface area contributed by atoms with Crippen LogP contribution >= 0.6 is 23.2 Å².